The molecule has 2 aromatic rings. The molecule has 1 fully saturated rings. The van der Waals surface area contributed by atoms with Crippen molar-refractivity contribution in [2.45, 2.75) is 56.9 Å². The van der Waals surface area contributed by atoms with E-state index < -0.39 is 11.6 Å². The van der Waals surface area contributed by atoms with E-state index in [1.54, 1.807) is 4.90 Å². The predicted octanol–water partition coefficient (Wildman–Crippen LogP) is 3.95. The first-order valence-electron chi connectivity index (χ1n) is 8.96. The Hall–Kier alpha value is -2.50. The van der Waals surface area contributed by atoms with Crippen LogP contribution >= 0.6 is 0 Å². The van der Waals surface area contributed by atoms with Crippen molar-refractivity contribution >= 4 is 6.09 Å². The van der Waals surface area contributed by atoms with Crippen LogP contribution in [-0.2, 0) is 5.41 Å². The Bertz CT molecular complexity index is 824. The molecule has 0 aliphatic carbocycles. The largest absolute Gasteiger partial charge is 0.465 e. The third kappa shape index (κ3) is 3.54. The van der Waals surface area contributed by atoms with Gasteiger partial charge in [0, 0.05) is 24.1 Å². The number of rotatable bonds is 4. The maximum atomic E-state index is 11.9. The smallest absolute Gasteiger partial charge is 0.407 e. The third-order valence-electron chi connectivity index (χ3n) is 5.59. The zero-order chi connectivity index (χ0) is 18.9. The van der Waals surface area contributed by atoms with Crippen LogP contribution in [-0.4, -0.2) is 33.3 Å². The topological polar surface area (TPSA) is 86.5 Å². The summed E-state index contributed by atoms with van der Waals surface area (Å²) in [6, 6.07) is 11.6. The number of hydrogen-bond acceptors (Lipinski definition) is 3. The van der Waals surface area contributed by atoms with Crippen LogP contribution in [0.5, 0.6) is 0 Å². The zero-order valence-electron chi connectivity index (χ0n) is 15.5. The lowest BCUT2D eigenvalue weighted by Gasteiger charge is -2.49. The second-order valence-corrected chi connectivity index (χ2v) is 8.16. The maximum absolute atomic E-state index is 11.9. The highest BCUT2D eigenvalue weighted by Crippen LogP contribution is 2.44. The van der Waals surface area contributed by atoms with Crippen LogP contribution in [0.3, 0.4) is 0 Å². The van der Waals surface area contributed by atoms with Gasteiger partial charge in [-0.3, -0.25) is 4.79 Å². The molecule has 2 atom stereocenters. The van der Waals surface area contributed by atoms with Gasteiger partial charge in [-0.2, -0.15) is 5.16 Å². The van der Waals surface area contributed by atoms with E-state index in [-0.39, 0.29) is 16.9 Å². The Balaban J connectivity index is 1.90. The van der Waals surface area contributed by atoms with E-state index in [0.717, 1.165) is 0 Å². The van der Waals surface area contributed by atoms with Gasteiger partial charge in [-0.25, -0.2) is 4.79 Å². The minimum Gasteiger partial charge on any atom is -0.465 e. The molecule has 26 heavy (non-hydrogen) atoms. The molecule has 2 heterocycles. The van der Waals surface area contributed by atoms with Crippen molar-refractivity contribution in [1.82, 2.24) is 10.1 Å². The van der Waals surface area contributed by atoms with E-state index in [1.807, 2.05) is 25.1 Å². The summed E-state index contributed by atoms with van der Waals surface area (Å²) in [5.41, 5.74) is 0.183. The lowest BCUT2D eigenvalue weighted by Crippen LogP contribution is -2.56. The lowest BCUT2D eigenvalue weighted by molar-refractivity contribution is 0.0294. The highest BCUT2D eigenvalue weighted by Gasteiger charge is 2.45. The average Bonchev–Trinajstić information content (AvgIpc) is 3.01. The summed E-state index contributed by atoms with van der Waals surface area (Å²) in [5, 5.41) is 12.1. The highest BCUT2D eigenvalue weighted by molar-refractivity contribution is 5.66. The quantitative estimate of drug-likeness (QED) is 0.866. The fourth-order valence-electron chi connectivity index (χ4n) is 4.48. The van der Waals surface area contributed by atoms with E-state index in [0.29, 0.717) is 31.6 Å². The minimum absolute atomic E-state index is 0.0288. The second kappa shape index (κ2) is 6.67. The minimum atomic E-state index is -0.898. The number of hydrogen-bond donors (Lipinski definition) is 2. The fraction of sp³-hybridized carbons (Fsp3) is 0.500. The highest BCUT2D eigenvalue weighted by atomic mass is 16.5. The van der Waals surface area contributed by atoms with Crippen molar-refractivity contribution in [2.24, 2.45) is 0 Å². The molecule has 1 amide bonds. The zero-order valence-corrected chi connectivity index (χ0v) is 15.5. The molecular formula is C20H26N2O4. The van der Waals surface area contributed by atoms with E-state index in [1.165, 1.54) is 11.6 Å². The number of nitrogens with one attached hydrogen (secondary N) is 1. The number of nitrogens with zero attached hydrogens (tertiary/aromatic N) is 1. The van der Waals surface area contributed by atoms with E-state index in [9.17, 15) is 14.7 Å². The Morgan fingerprint density at radius 1 is 1.38 bits per heavy atom. The molecule has 6 heteroatoms. The summed E-state index contributed by atoms with van der Waals surface area (Å²) in [4.78, 5) is 24.9. The monoisotopic (exact) mass is 358 g/mol. The summed E-state index contributed by atoms with van der Waals surface area (Å²) in [6.07, 6.45) is 1.05. The molecule has 3 rings (SSSR count). The first-order chi connectivity index (χ1) is 12.2. The van der Waals surface area contributed by atoms with Crippen LogP contribution in [0.1, 0.15) is 57.3 Å². The molecule has 0 unspecified atom stereocenters. The lowest BCUT2D eigenvalue weighted by atomic mass is 9.69. The molecule has 1 aromatic carbocycles. The Labute approximate surface area is 152 Å². The molecule has 0 spiro atoms. The maximum Gasteiger partial charge on any atom is 0.407 e. The summed E-state index contributed by atoms with van der Waals surface area (Å²) < 4.78 is 5.30. The number of likely N-dealkylation sites (tertiary alicyclic amines) is 1. The van der Waals surface area contributed by atoms with Crippen LogP contribution in [0.4, 0.5) is 4.79 Å². The Morgan fingerprint density at radius 3 is 2.65 bits per heavy atom. The third-order valence-corrected chi connectivity index (χ3v) is 5.59. The fourth-order valence-corrected chi connectivity index (χ4v) is 4.48. The van der Waals surface area contributed by atoms with Gasteiger partial charge in [-0.05, 0) is 37.2 Å². The van der Waals surface area contributed by atoms with Crippen molar-refractivity contribution in [3.8, 4) is 0 Å². The number of benzene rings is 1. The second-order valence-electron chi connectivity index (χ2n) is 8.16. The van der Waals surface area contributed by atoms with Crippen molar-refractivity contribution < 1.29 is 14.4 Å². The molecule has 1 aliphatic rings. The summed E-state index contributed by atoms with van der Waals surface area (Å²) in [7, 11) is 0. The van der Waals surface area contributed by atoms with Gasteiger partial charge in [-0.1, -0.05) is 44.2 Å². The van der Waals surface area contributed by atoms with Crippen LogP contribution in [0.15, 0.2) is 45.7 Å². The van der Waals surface area contributed by atoms with Gasteiger partial charge in [0.2, 0.25) is 0 Å². The van der Waals surface area contributed by atoms with Gasteiger partial charge in [-0.15, -0.1) is 0 Å². The first kappa shape index (κ1) is 18.3. The van der Waals surface area contributed by atoms with Crippen molar-refractivity contribution in [2.75, 3.05) is 6.54 Å². The number of aromatic nitrogens is 1. The number of amides is 1. The summed E-state index contributed by atoms with van der Waals surface area (Å²) in [6.45, 7) is 6.72. The van der Waals surface area contributed by atoms with Gasteiger partial charge in [0.25, 0.3) is 5.56 Å². The molecule has 0 saturated carbocycles. The molecule has 2 N–H and O–H groups in total. The average molecular weight is 358 g/mol. The van der Waals surface area contributed by atoms with Gasteiger partial charge in [0.15, 0.2) is 0 Å². The van der Waals surface area contributed by atoms with Gasteiger partial charge >= 0.3 is 6.09 Å². The molecule has 1 aromatic heterocycles. The van der Waals surface area contributed by atoms with Gasteiger partial charge in [0.1, 0.15) is 5.76 Å². The molecule has 6 nitrogen and oxygen atoms in total. The molecule has 140 valence electrons. The Kier molecular flexibility index (Phi) is 4.69. The molecule has 1 aliphatic heterocycles. The number of H-pyrrole nitrogens is 1. The number of aromatic amines is 1. The number of carboxylic acid groups (broad SMARTS) is 1. The normalized spacial score (nSPS) is 23.8. The van der Waals surface area contributed by atoms with E-state index >= 15 is 0 Å². The van der Waals surface area contributed by atoms with Crippen molar-refractivity contribution in [1.29, 1.82) is 0 Å². The standard InChI is InChI=1S/C20H26N2O4/c1-19(2,15-7-5-4-6-8-15)13-20(3)12-14(9-10-22(20)18(24)25)16-11-17(23)21-26-16/h4-8,11,14H,9-10,12-13H2,1-3H3,(H,21,23)(H,24,25)/t14-,20+/m0/s1. The Morgan fingerprint density at radius 2 is 2.08 bits per heavy atom. The summed E-state index contributed by atoms with van der Waals surface area (Å²) in [5.74, 6) is 0.643. The molecule has 1 saturated heterocycles. The van der Waals surface area contributed by atoms with E-state index in [2.05, 4.69) is 31.1 Å². The van der Waals surface area contributed by atoms with Crippen LogP contribution in [0.2, 0.25) is 0 Å². The molecule has 0 radical (unpaired) electrons. The number of carbonyl (C=O) groups is 1. The van der Waals surface area contributed by atoms with Crippen LogP contribution in [0, 0.1) is 0 Å². The van der Waals surface area contributed by atoms with Crippen LogP contribution in [0.25, 0.3) is 0 Å². The first-order valence-corrected chi connectivity index (χ1v) is 8.96. The van der Waals surface area contributed by atoms with Crippen LogP contribution < -0.4 is 5.56 Å². The van der Waals surface area contributed by atoms with E-state index in [4.69, 9.17) is 4.52 Å². The summed E-state index contributed by atoms with van der Waals surface area (Å²) >= 11 is 0. The van der Waals surface area contributed by atoms with Gasteiger partial charge < -0.3 is 14.5 Å². The van der Waals surface area contributed by atoms with Crippen molar-refractivity contribution in [3.05, 3.63) is 58.1 Å². The van der Waals surface area contributed by atoms with Gasteiger partial charge in [0.05, 0.1) is 0 Å². The molecule has 0 bridgehead atoms. The SMILES string of the molecule is CC(C)(C[C@@]1(C)C[C@@H](c2cc(=O)[nH]o2)CCN1C(=O)O)c1ccccc1. The predicted molar refractivity (Wildman–Crippen MR) is 98.5 cm³/mol. The number of piperidine rings is 1. The molecular weight excluding hydrogens is 332 g/mol. The van der Waals surface area contributed by atoms with Crippen molar-refractivity contribution in [3.63, 3.8) is 0 Å².